The second-order valence-corrected chi connectivity index (χ2v) is 24.0. The number of hydrogen-bond acceptors (Lipinski definition) is 2. The van der Waals surface area contributed by atoms with Crippen molar-refractivity contribution in [3.63, 3.8) is 0 Å². The molecule has 0 bridgehead atoms. The molecule has 0 atom stereocenters. The van der Waals surface area contributed by atoms with Gasteiger partial charge in [0.05, 0.1) is 22.1 Å². The first-order valence-corrected chi connectivity index (χ1v) is 29.7. The van der Waals surface area contributed by atoms with Gasteiger partial charge in [-0.1, -0.05) is 198 Å². The molecule has 16 rings (SSSR count). The Bertz CT molecular complexity index is 4710. The van der Waals surface area contributed by atoms with Gasteiger partial charge in [0.15, 0.2) is 0 Å². The van der Waals surface area contributed by atoms with Gasteiger partial charge >= 0.3 is 0 Å². The molecule has 1 N–H and O–H groups in total. The first kappa shape index (κ1) is 51.7. The molecule has 83 heavy (non-hydrogen) atoms. The molecule has 0 saturated carbocycles. The van der Waals surface area contributed by atoms with Crippen LogP contribution in [-0.2, 0) is 10.8 Å². The predicted octanol–water partition coefficient (Wildman–Crippen LogP) is 21.7. The molecule has 0 unspecified atom stereocenters. The summed E-state index contributed by atoms with van der Waals surface area (Å²) in [6, 6.07) is 104. The quantitative estimate of drug-likeness (QED) is 0.161. The molecular weight excluding hydrogens is 1120 g/mol. The average Bonchev–Trinajstić information content (AvgIpc) is 3.92. The molecule has 14 aromatic rings. The molecule has 400 valence electrons. The molecule has 12 aromatic carbocycles. The van der Waals surface area contributed by atoms with Crippen LogP contribution in [0.4, 0.5) is 28.4 Å². The lowest BCUT2D eigenvalue weighted by molar-refractivity contribution is 0.660. The van der Waals surface area contributed by atoms with Crippen molar-refractivity contribution in [2.24, 2.45) is 0 Å². The van der Waals surface area contributed by atoms with Crippen LogP contribution in [0.1, 0.15) is 49.9 Å². The van der Waals surface area contributed by atoms with Gasteiger partial charge < -0.3 is 19.4 Å². The van der Waals surface area contributed by atoms with Crippen molar-refractivity contribution in [3.8, 4) is 33.6 Å². The summed E-state index contributed by atoms with van der Waals surface area (Å²) in [6.45, 7) is 9.31. The van der Waals surface area contributed by atoms with Crippen molar-refractivity contribution in [1.29, 1.82) is 0 Å². The summed E-state index contributed by atoms with van der Waals surface area (Å²) in [4.78, 5) is 2.40. The van der Waals surface area contributed by atoms with Crippen molar-refractivity contribution in [2.45, 2.75) is 38.5 Å². The summed E-state index contributed by atoms with van der Waals surface area (Å²) in [7, 11) is 0. The Morgan fingerprint density at radius 3 is 1.29 bits per heavy atom. The van der Waals surface area contributed by atoms with Crippen molar-refractivity contribution >= 4 is 94.6 Å². The van der Waals surface area contributed by atoms with E-state index < -0.39 is 0 Å². The van der Waals surface area contributed by atoms with Crippen LogP contribution in [0.3, 0.4) is 0 Å². The van der Waals surface area contributed by atoms with Crippen LogP contribution in [0.5, 0.6) is 0 Å². The summed E-state index contributed by atoms with van der Waals surface area (Å²) in [5.74, 6) is 0. The average molecular weight is 1180 g/mol. The summed E-state index contributed by atoms with van der Waals surface area (Å²) in [6.07, 6.45) is 0. The van der Waals surface area contributed by atoms with Crippen LogP contribution in [0.2, 0.25) is 0 Å². The van der Waals surface area contributed by atoms with E-state index in [0.29, 0.717) is 0 Å². The molecule has 5 heteroatoms. The van der Waals surface area contributed by atoms with E-state index in [1.165, 1.54) is 109 Å². The molecule has 0 radical (unpaired) electrons. The van der Waals surface area contributed by atoms with E-state index in [9.17, 15) is 0 Å². The SMILES string of the molecule is CC1(C)c2ccccc2-c2ccc(N(c3ccccc3)c3ccc4c(c3)c3ccccc3n4-c3ccccc3)cc21.CC1(C)c2ccccc2-c2ccc(Nc3ccccc3)cc21.Ic1ccc2c(c1)c1ccccc1n2-c1ccccc1. The Kier molecular flexibility index (Phi) is 13.2. The van der Waals surface area contributed by atoms with Crippen LogP contribution < -0.4 is 10.2 Å². The van der Waals surface area contributed by atoms with Gasteiger partial charge in [0.25, 0.3) is 0 Å². The number of rotatable bonds is 7. The Morgan fingerprint density at radius 2 is 0.711 bits per heavy atom. The number of nitrogens with zero attached hydrogens (tertiary/aromatic N) is 3. The highest BCUT2D eigenvalue weighted by Crippen LogP contribution is 2.52. The van der Waals surface area contributed by atoms with Crippen molar-refractivity contribution in [2.75, 3.05) is 10.2 Å². The number of aromatic nitrogens is 2. The minimum Gasteiger partial charge on any atom is -0.356 e. The number of hydrogen-bond donors (Lipinski definition) is 1. The molecule has 0 spiro atoms. The highest BCUT2D eigenvalue weighted by Gasteiger charge is 2.37. The number of halogens is 1. The number of anilines is 5. The molecule has 4 nitrogen and oxygen atoms in total. The van der Waals surface area contributed by atoms with Gasteiger partial charge in [-0.2, -0.15) is 0 Å². The third kappa shape index (κ3) is 9.17. The Labute approximate surface area is 499 Å². The van der Waals surface area contributed by atoms with Gasteiger partial charge in [0, 0.05) is 75.8 Å². The van der Waals surface area contributed by atoms with Gasteiger partial charge in [0.1, 0.15) is 0 Å². The zero-order valence-electron chi connectivity index (χ0n) is 46.9. The molecule has 0 saturated heterocycles. The predicted molar refractivity (Wildman–Crippen MR) is 360 cm³/mol. The third-order valence-corrected chi connectivity index (χ3v) is 17.7. The van der Waals surface area contributed by atoms with E-state index >= 15 is 0 Å². The van der Waals surface area contributed by atoms with Gasteiger partial charge in [-0.15, -0.1) is 0 Å². The summed E-state index contributed by atoms with van der Waals surface area (Å²) >= 11 is 2.38. The molecule has 2 aliphatic rings. The Hall–Kier alpha value is -9.43. The minimum atomic E-state index is -0.0582. The van der Waals surface area contributed by atoms with E-state index in [0.717, 1.165) is 22.7 Å². The molecule has 2 aromatic heterocycles. The standard InChI is InChI=1S/C39H30N2.C21H19N.C18H12IN/c1-39(2)35-19-11-9-17-31(35)32-23-21-30(26-36(32)39)40(27-13-5-3-6-14-27)29-22-24-38-34(25-29)33-18-10-12-20-37(33)41(38)28-15-7-4-8-16-28;1-21(2)19-11-7-6-10-17(19)18-13-12-16(14-20(18)21)22-15-8-4-3-5-9-15;19-13-10-11-18-16(12-13)15-8-4-5-9-17(15)20(18)14-6-2-1-3-7-14/h3-26H,1-2H3;3-14,22H,1-2H3;1-12H. The van der Waals surface area contributed by atoms with Crippen LogP contribution in [-0.4, -0.2) is 9.13 Å². The molecule has 0 aliphatic heterocycles. The van der Waals surface area contributed by atoms with Crippen molar-refractivity contribution in [3.05, 3.63) is 317 Å². The fourth-order valence-electron chi connectivity index (χ4n) is 13.1. The monoisotopic (exact) mass is 1180 g/mol. The second kappa shape index (κ2) is 21.2. The zero-order valence-corrected chi connectivity index (χ0v) is 49.1. The lowest BCUT2D eigenvalue weighted by Gasteiger charge is -2.28. The van der Waals surface area contributed by atoms with E-state index in [2.05, 4.69) is 355 Å². The summed E-state index contributed by atoms with van der Waals surface area (Å²) in [5.41, 5.74) is 24.1. The highest BCUT2D eigenvalue weighted by molar-refractivity contribution is 14.1. The molecule has 2 aliphatic carbocycles. The van der Waals surface area contributed by atoms with E-state index in [1.807, 2.05) is 6.07 Å². The van der Waals surface area contributed by atoms with Gasteiger partial charge in [-0.3, -0.25) is 0 Å². The van der Waals surface area contributed by atoms with Crippen molar-refractivity contribution in [1.82, 2.24) is 9.13 Å². The van der Waals surface area contributed by atoms with Gasteiger partial charge in [0.2, 0.25) is 0 Å². The van der Waals surface area contributed by atoms with E-state index in [-0.39, 0.29) is 10.8 Å². The lowest BCUT2D eigenvalue weighted by atomic mass is 9.82. The van der Waals surface area contributed by atoms with Crippen LogP contribution in [0.25, 0.3) is 77.2 Å². The summed E-state index contributed by atoms with van der Waals surface area (Å²) < 4.78 is 5.98. The number of fused-ring (bicyclic) bond motifs is 12. The molecule has 0 amide bonds. The topological polar surface area (TPSA) is 25.1 Å². The zero-order chi connectivity index (χ0) is 56.2. The Morgan fingerprint density at radius 1 is 0.301 bits per heavy atom. The summed E-state index contributed by atoms with van der Waals surface area (Å²) in [5, 5.41) is 8.63. The number of nitrogens with one attached hydrogen (secondary N) is 1. The third-order valence-electron chi connectivity index (χ3n) is 17.1. The Balaban J connectivity index is 0.000000123. The smallest absolute Gasteiger partial charge is 0.0542 e. The highest BCUT2D eigenvalue weighted by atomic mass is 127. The fourth-order valence-corrected chi connectivity index (χ4v) is 13.6. The van der Waals surface area contributed by atoms with Crippen LogP contribution >= 0.6 is 22.6 Å². The fraction of sp³-hybridized carbons (Fsp3) is 0.0769. The van der Waals surface area contributed by atoms with E-state index in [1.54, 1.807) is 0 Å². The number of para-hydroxylation sites is 6. The van der Waals surface area contributed by atoms with E-state index in [4.69, 9.17) is 0 Å². The van der Waals surface area contributed by atoms with Gasteiger partial charge in [-0.25, -0.2) is 0 Å². The largest absolute Gasteiger partial charge is 0.356 e. The lowest BCUT2D eigenvalue weighted by Crippen LogP contribution is -2.16. The van der Waals surface area contributed by atoms with Crippen LogP contribution in [0.15, 0.2) is 291 Å². The minimum absolute atomic E-state index is 0.0559. The maximum atomic E-state index is 3.50. The molecule has 2 heterocycles. The maximum absolute atomic E-state index is 3.50. The van der Waals surface area contributed by atoms with Gasteiger partial charge in [-0.05, 0) is 188 Å². The van der Waals surface area contributed by atoms with Crippen LogP contribution in [0, 0.1) is 3.57 Å². The normalized spacial score (nSPS) is 13.1. The second-order valence-electron chi connectivity index (χ2n) is 22.7. The maximum Gasteiger partial charge on any atom is 0.0542 e. The molecular formula is C78H61IN4. The first-order chi connectivity index (χ1) is 40.6. The first-order valence-electron chi connectivity index (χ1n) is 28.6. The van der Waals surface area contributed by atoms with Crippen molar-refractivity contribution < 1.29 is 0 Å². The molecule has 0 fully saturated rings. The number of benzene rings is 12.